The van der Waals surface area contributed by atoms with Crippen molar-refractivity contribution in [2.45, 2.75) is 24.9 Å². The SMILES string of the molecule is CN(C)C(=O)C1(N)CCN(C(=O)c2ccc(Nc3ncc4c(n3)-c3ccc(Cl)cc3C(c3c(F)cccc3F)=NC4)cc2Cl)CC1. The molecule has 0 saturated carbocycles. The lowest BCUT2D eigenvalue weighted by molar-refractivity contribution is -0.136. The van der Waals surface area contributed by atoms with Gasteiger partial charge in [0.25, 0.3) is 5.91 Å². The van der Waals surface area contributed by atoms with Gasteiger partial charge in [-0.1, -0.05) is 35.3 Å². The van der Waals surface area contributed by atoms with Crippen molar-refractivity contribution in [3.8, 4) is 11.3 Å². The van der Waals surface area contributed by atoms with Crippen LogP contribution < -0.4 is 11.1 Å². The summed E-state index contributed by atoms with van der Waals surface area (Å²) < 4.78 is 29.7. The van der Waals surface area contributed by atoms with Gasteiger partial charge in [0.05, 0.1) is 39.6 Å². The van der Waals surface area contributed by atoms with Crippen molar-refractivity contribution < 1.29 is 18.4 Å². The number of likely N-dealkylation sites (tertiary alicyclic amines) is 1. The molecule has 1 aromatic heterocycles. The maximum absolute atomic E-state index is 14.9. The van der Waals surface area contributed by atoms with Gasteiger partial charge in [0.2, 0.25) is 11.9 Å². The van der Waals surface area contributed by atoms with Gasteiger partial charge in [-0.2, -0.15) is 0 Å². The Labute approximate surface area is 274 Å². The number of aliphatic imine (C=N–C) groups is 1. The minimum absolute atomic E-state index is 0.0821. The molecule has 2 aliphatic rings. The first-order valence-electron chi connectivity index (χ1n) is 14.5. The lowest BCUT2D eigenvalue weighted by atomic mass is 9.87. The molecule has 4 aromatic rings. The smallest absolute Gasteiger partial charge is 0.255 e. The van der Waals surface area contributed by atoms with Crippen molar-refractivity contribution in [3.05, 3.63) is 105 Å². The van der Waals surface area contributed by atoms with Crippen LogP contribution in [0.25, 0.3) is 11.3 Å². The monoisotopic (exact) mass is 663 g/mol. The van der Waals surface area contributed by atoms with Crippen LogP contribution in [-0.2, 0) is 11.3 Å². The molecule has 1 saturated heterocycles. The van der Waals surface area contributed by atoms with E-state index in [1.54, 1.807) is 61.6 Å². The number of nitrogens with one attached hydrogen (secondary N) is 1. The summed E-state index contributed by atoms with van der Waals surface area (Å²) in [6.45, 7) is 0.741. The molecule has 9 nitrogen and oxygen atoms in total. The summed E-state index contributed by atoms with van der Waals surface area (Å²) in [5.41, 5.74) is 8.25. The highest BCUT2D eigenvalue weighted by Crippen LogP contribution is 2.35. The number of likely N-dealkylation sites (N-methyl/N-ethyl adjacent to an activating group) is 1. The molecule has 2 amide bonds. The van der Waals surface area contributed by atoms with Crippen molar-refractivity contribution in [1.82, 2.24) is 19.8 Å². The van der Waals surface area contributed by atoms with Crippen molar-refractivity contribution in [2.24, 2.45) is 10.7 Å². The number of rotatable bonds is 5. The molecule has 6 rings (SSSR count). The van der Waals surface area contributed by atoms with Crippen molar-refractivity contribution in [3.63, 3.8) is 0 Å². The molecule has 3 N–H and O–H groups in total. The van der Waals surface area contributed by atoms with E-state index in [0.29, 0.717) is 64.6 Å². The number of fused-ring (bicyclic) bond motifs is 3. The number of anilines is 2. The molecule has 236 valence electrons. The van der Waals surface area contributed by atoms with E-state index in [1.807, 2.05) is 0 Å². The van der Waals surface area contributed by atoms with Crippen LogP contribution in [0, 0.1) is 11.6 Å². The summed E-state index contributed by atoms with van der Waals surface area (Å²) in [5, 5.41) is 3.72. The Morgan fingerprint density at radius 2 is 1.72 bits per heavy atom. The van der Waals surface area contributed by atoms with E-state index in [-0.39, 0.29) is 40.6 Å². The van der Waals surface area contributed by atoms with E-state index in [9.17, 15) is 18.4 Å². The number of amides is 2. The van der Waals surface area contributed by atoms with E-state index in [1.165, 1.54) is 23.1 Å². The number of benzene rings is 3. The number of carbonyl (C=O) groups excluding carboxylic acids is 2. The molecule has 46 heavy (non-hydrogen) atoms. The van der Waals surface area contributed by atoms with Crippen LogP contribution >= 0.6 is 23.2 Å². The lowest BCUT2D eigenvalue weighted by Crippen LogP contribution is -2.59. The third-order valence-corrected chi connectivity index (χ3v) is 8.74. The Morgan fingerprint density at radius 3 is 2.39 bits per heavy atom. The number of hydrogen-bond donors (Lipinski definition) is 2. The van der Waals surface area contributed by atoms with Gasteiger partial charge in [0, 0.05) is 60.8 Å². The molecule has 0 atom stereocenters. The molecule has 0 bridgehead atoms. The Balaban J connectivity index is 1.24. The van der Waals surface area contributed by atoms with E-state index >= 15 is 0 Å². The second-order valence-electron chi connectivity index (χ2n) is 11.5. The molecule has 1 fully saturated rings. The van der Waals surface area contributed by atoms with Gasteiger partial charge in [-0.05, 0) is 55.3 Å². The molecular weight excluding hydrogens is 635 g/mol. The quantitative estimate of drug-likeness (QED) is 0.277. The van der Waals surface area contributed by atoms with Gasteiger partial charge in [-0.3, -0.25) is 14.6 Å². The van der Waals surface area contributed by atoms with Crippen LogP contribution in [0.4, 0.5) is 20.4 Å². The van der Waals surface area contributed by atoms with Crippen molar-refractivity contribution >= 4 is 52.4 Å². The topological polar surface area (TPSA) is 117 Å². The molecule has 2 aliphatic heterocycles. The Bertz CT molecular complexity index is 1890. The van der Waals surface area contributed by atoms with Gasteiger partial charge in [-0.15, -0.1) is 0 Å². The zero-order chi connectivity index (χ0) is 32.7. The molecule has 3 heterocycles. The highest BCUT2D eigenvalue weighted by molar-refractivity contribution is 6.34. The summed E-state index contributed by atoms with van der Waals surface area (Å²) in [4.78, 5) is 42.6. The second-order valence-corrected chi connectivity index (χ2v) is 12.3. The normalized spacial score (nSPS) is 15.3. The van der Waals surface area contributed by atoms with Crippen LogP contribution in [0.15, 0.2) is 65.8 Å². The van der Waals surface area contributed by atoms with E-state index in [4.69, 9.17) is 33.9 Å². The van der Waals surface area contributed by atoms with E-state index in [0.717, 1.165) is 0 Å². The zero-order valence-electron chi connectivity index (χ0n) is 25.0. The van der Waals surface area contributed by atoms with E-state index < -0.39 is 17.2 Å². The average molecular weight is 665 g/mol. The largest absolute Gasteiger partial charge is 0.347 e. The summed E-state index contributed by atoms with van der Waals surface area (Å²) in [6.07, 6.45) is 2.29. The van der Waals surface area contributed by atoms with Crippen LogP contribution in [-0.4, -0.2) is 70.0 Å². The van der Waals surface area contributed by atoms with Gasteiger partial charge >= 0.3 is 0 Å². The first-order chi connectivity index (χ1) is 21.9. The Hall–Kier alpha value is -4.45. The number of aromatic nitrogens is 2. The first-order valence-corrected chi connectivity index (χ1v) is 15.2. The van der Waals surface area contributed by atoms with Gasteiger partial charge in [-0.25, -0.2) is 18.7 Å². The Kier molecular flexibility index (Phi) is 8.49. The molecular formula is C33H29Cl2F2N7O2. The zero-order valence-corrected chi connectivity index (χ0v) is 26.5. The number of carbonyl (C=O) groups is 2. The maximum atomic E-state index is 14.9. The Morgan fingerprint density at radius 1 is 1.00 bits per heavy atom. The minimum Gasteiger partial charge on any atom is -0.347 e. The van der Waals surface area contributed by atoms with Crippen LogP contribution in [0.2, 0.25) is 10.0 Å². The summed E-state index contributed by atoms with van der Waals surface area (Å²) >= 11 is 12.9. The fourth-order valence-electron chi connectivity index (χ4n) is 5.76. The maximum Gasteiger partial charge on any atom is 0.255 e. The van der Waals surface area contributed by atoms with Crippen LogP contribution in [0.1, 0.15) is 39.9 Å². The van der Waals surface area contributed by atoms with Crippen LogP contribution in [0.5, 0.6) is 0 Å². The van der Waals surface area contributed by atoms with Gasteiger partial charge in [0.15, 0.2) is 0 Å². The highest BCUT2D eigenvalue weighted by atomic mass is 35.5. The average Bonchev–Trinajstić information content (AvgIpc) is 3.17. The summed E-state index contributed by atoms with van der Waals surface area (Å²) in [6, 6.07) is 13.6. The molecule has 0 unspecified atom stereocenters. The lowest BCUT2D eigenvalue weighted by Gasteiger charge is -2.39. The molecule has 0 aliphatic carbocycles. The second kappa shape index (κ2) is 12.4. The predicted octanol–water partition coefficient (Wildman–Crippen LogP) is 5.84. The number of nitrogens with zero attached hydrogens (tertiary/aromatic N) is 5. The standard InChI is InChI=1S/C33H29Cl2F2N7O2/c1-43(2)31(46)33(38)10-12-44(13-11-33)30(45)22-9-7-20(15-24(22)35)41-32-40-17-18-16-39-29(27-25(36)4-3-5-26(27)37)23-14-19(34)6-8-21(23)28(18)42-32/h3-9,14-15,17H,10-13,16,38H2,1-2H3,(H,40,41,42). The van der Waals surface area contributed by atoms with Gasteiger partial charge < -0.3 is 20.9 Å². The highest BCUT2D eigenvalue weighted by Gasteiger charge is 2.40. The van der Waals surface area contributed by atoms with Crippen LogP contribution in [0.3, 0.4) is 0 Å². The summed E-state index contributed by atoms with van der Waals surface area (Å²) in [5.74, 6) is -1.66. The fraction of sp³-hybridized carbons (Fsp3) is 0.242. The predicted molar refractivity (Wildman–Crippen MR) is 174 cm³/mol. The third-order valence-electron chi connectivity index (χ3n) is 8.19. The number of nitrogens with two attached hydrogens (primary N) is 1. The number of piperidine rings is 1. The van der Waals surface area contributed by atoms with E-state index in [2.05, 4.69) is 15.3 Å². The third kappa shape index (κ3) is 5.93. The van der Waals surface area contributed by atoms with Gasteiger partial charge in [0.1, 0.15) is 11.6 Å². The fourth-order valence-corrected chi connectivity index (χ4v) is 6.19. The molecule has 0 spiro atoms. The van der Waals surface area contributed by atoms with Crippen molar-refractivity contribution in [1.29, 1.82) is 0 Å². The molecule has 3 aromatic carbocycles. The first kappa shape index (κ1) is 31.5. The summed E-state index contributed by atoms with van der Waals surface area (Å²) in [7, 11) is 3.33. The molecule has 13 heteroatoms. The minimum atomic E-state index is -1.000. The van der Waals surface area contributed by atoms with Crippen molar-refractivity contribution in [2.75, 3.05) is 32.5 Å². The number of hydrogen-bond acceptors (Lipinski definition) is 7. The number of halogens is 4. The molecule has 0 radical (unpaired) electrons.